The molecule has 2 aromatic carbocycles. The minimum atomic E-state index is -0.639. The van der Waals surface area contributed by atoms with Crippen molar-refractivity contribution in [3.63, 3.8) is 0 Å². The predicted molar refractivity (Wildman–Crippen MR) is 93.7 cm³/mol. The second kappa shape index (κ2) is 8.57. The normalized spacial score (nSPS) is 10.4. The van der Waals surface area contributed by atoms with Crippen LogP contribution in [0.25, 0.3) is 6.08 Å². The van der Waals surface area contributed by atoms with Crippen molar-refractivity contribution in [2.75, 3.05) is 21.3 Å². The highest BCUT2D eigenvalue weighted by molar-refractivity contribution is 5.92. The number of benzene rings is 2. The van der Waals surface area contributed by atoms with Gasteiger partial charge in [0.15, 0.2) is 23.0 Å². The fraction of sp³-hybridized carbons (Fsp3) is 0.158. The van der Waals surface area contributed by atoms with E-state index in [1.165, 1.54) is 45.6 Å². The van der Waals surface area contributed by atoms with E-state index in [-0.39, 0.29) is 22.8 Å². The van der Waals surface area contributed by atoms with Crippen molar-refractivity contribution in [3.8, 4) is 23.0 Å². The third-order valence-corrected chi connectivity index (χ3v) is 3.42. The lowest BCUT2D eigenvalue weighted by Crippen LogP contribution is -2.09. The van der Waals surface area contributed by atoms with E-state index in [0.717, 1.165) is 0 Å². The number of esters is 2. The number of methoxy groups -OCH3 is 3. The molecule has 0 bridgehead atoms. The van der Waals surface area contributed by atoms with Crippen molar-refractivity contribution in [3.05, 3.63) is 53.6 Å². The standard InChI is InChI=1S/C19H18O7/c1-23-16-11-13(6-7-14(16)20)19(22)26-15-8-4-12(10-17(15)24-2)5-9-18(21)25-3/h4-11,20H,1-3H3/b9-5+. The fourth-order valence-corrected chi connectivity index (χ4v) is 2.07. The summed E-state index contributed by atoms with van der Waals surface area (Å²) in [5, 5.41) is 9.59. The van der Waals surface area contributed by atoms with E-state index in [0.29, 0.717) is 11.3 Å². The molecular formula is C19H18O7. The maximum absolute atomic E-state index is 12.3. The lowest BCUT2D eigenvalue weighted by Gasteiger charge is -2.11. The lowest BCUT2D eigenvalue weighted by atomic mass is 10.1. The topological polar surface area (TPSA) is 91.3 Å². The van der Waals surface area contributed by atoms with E-state index in [1.54, 1.807) is 24.3 Å². The molecule has 0 unspecified atom stereocenters. The SMILES string of the molecule is COC(=O)/C=C/c1ccc(OC(=O)c2ccc(O)c(OC)c2)c(OC)c1. The highest BCUT2D eigenvalue weighted by Gasteiger charge is 2.15. The quantitative estimate of drug-likeness (QED) is 0.482. The molecule has 0 aliphatic heterocycles. The second-order valence-electron chi connectivity index (χ2n) is 5.04. The summed E-state index contributed by atoms with van der Waals surface area (Å²) in [6.45, 7) is 0. The summed E-state index contributed by atoms with van der Waals surface area (Å²) in [5.74, 6) is -0.519. The molecule has 7 nitrogen and oxygen atoms in total. The molecule has 1 N–H and O–H groups in total. The van der Waals surface area contributed by atoms with Crippen LogP contribution in [-0.2, 0) is 9.53 Å². The molecule has 0 fully saturated rings. The van der Waals surface area contributed by atoms with E-state index < -0.39 is 11.9 Å². The highest BCUT2D eigenvalue weighted by atomic mass is 16.6. The van der Waals surface area contributed by atoms with Crippen molar-refractivity contribution in [1.29, 1.82) is 0 Å². The van der Waals surface area contributed by atoms with Crippen molar-refractivity contribution >= 4 is 18.0 Å². The van der Waals surface area contributed by atoms with Gasteiger partial charge in [-0.3, -0.25) is 0 Å². The molecule has 0 saturated heterocycles. The van der Waals surface area contributed by atoms with Crippen molar-refractivity contribution in [1.82, 2.24) is 0 Å². The molecule has 2 aromatic rings. The van der Waals surface area contributed by atoms with Gasteiger partial charge in [0.25, 0.3) is 0 Å². The molecule has 0 atom stereocenters. The molecule has 2 rings (SSSR count). The van der Waals surface area contributed by atoms with Gasteiger partial charge in [-0.2, -0.15) is 0 Å². The van der Waals surface area contributed by atoms with Gasteiger partial charge in [0.05, 0.1) is 26.9 Å². The third kappa shape index (κ3) is 4.54. The first kappa shape index (κ1) is 18.9. The molecular weight excluding hydrogens is 340 g/mol. The minimum Gasteiger partial charge on any atom is -0.504 e. The second-order valence-corrected chi connectivity index (χ2v) is 5.04. The Bertz CT molecular complexity index is 840. The number of phenols is 1. The van der Waals surface area contributed by atoms with Gasteiger partial charge in [-0.05, 0) is 42.0 Å². The van der Waals surface area contributed by atoms with Crippen LogP contribution in [0.2, 0.25) is 0 Å². The van der Waals surface area contributed by atoms with Crippen LogP contribution in [0.15, 0.2) is 42.5 Å². The van der Waals surface area contributed by atoms with Gasteiger partial charge in [-0.25, -0.2) is 9.59 Å². The van der Waals surface area contributed by atoms with Crippen molar-refractivity contribution in [2.24, 2.45) is 0 Å². The molecule has 0 aliphatic rings. The summed E-state index contributed by atoms with van der Waals surface area (Å²) in [6.07, 6.45) is 2.81. The Labute approximate surface area is 150 Å². The Morgan fingerprint density at radius 1 is 0.923 bits per heavy atom. The van der Waals surface area contributed by atoms with Gasteiger partial charge >= 0.3 is 11.9 Å². The van der Waals surface area contributed by atoms with Gasteiger partial charge < -0.3 is 24.1 Å². The van der Waals surface area contributed by atoms with Crippen LogP contribution in [0, 0.1) is 0 Å². The van der Waals surface area contributed by atoms with Crippen LogP contribution in [0.3, 0.4) is 0 Å². The van der Waals surface area contributed by atoms with Gasteiger partial charge in [0.2, 0.25) is 0 Å². The smallest absolute Gasteiger partial charge is 0.343 e. The number of phenolic OH excluding ortho intramolecular Hbond substituents is 1. The Morgan fingerprint density at radius 3 is 2.31 bits per heavy atom. The number of aromatic hydroxyl groups is 1. The molecule has 0 aliphatic carbocycles. The molecule has 0 heterocycles. The van der Waals surface area contributed by atoms with Gasteiger partial charge in [-0.15, -0.1) is 0 Å². The molecule has 0 amide bonds. The summed E-state index contributed by atoms with van der Waals surface area (Å²) in [5.41, 5.74) is 0.870. The number of carbonyl (C=O) groups excluding carboxylic acids is 2. The van der Waals surface area contributed by atoms with Crippen LogP contribution in [-0.4, -0.2) is 38.4 Å². The first-order valence-corrected chi connectivity index (χ1v) is 7.51. The largest absolute Gasteiger partial charge is 0.504 e. The monoisotopic (exact) mass is 358 g/mol. The number of carbonyl (C=O) groups is 2. The molecule has 0 radical (unpaired) electrons. The highest BCUT2D eigenvalue weighted by Crippen LogP contribution is 2.31. The minimum absolute atomic E-state index is 0.0802. The Hall–Kier alpha value is -3.48. The summed E-state index contributed by atoms with van der Waals surface area (Å²) < 4.78 is 20.1. The van der Waals surface area contributed by atoms with Crippen molar-refractivity contribution < 1.29 is 33.6 Å². The molecule has 136 valence electrons. The maximum atomic E-state index is 12.3. The Morgan fingerprint density at radius 2 is 1.65 bits per heavy atom. The van der Waals surface area contributed by atoms with Gasteiger partial charge in [0, 0.05) is 6.08 Å². The predicted octanol–water partition coefficient (Wildman–Crippen LogP) is 2.81. The molecule has 26 heavy (non-hydrogen) atoms. The van der Waals surface area contributed by atoms with Crippen LogP contribution in [0.4, 0.5) is 0 Å². The average molecular weight is 358 g/mol. The maximum Gasteiger partial charge on any atom is 0.343 e. The van der Waals surface area contributed by atoms with E-state index >= 15 is 0 Å². The number of rotatable bonds is 6. The summed E-state index contributed by atoms with van der Waals surface area (Å²) >= 11 is 0. The van der Waals surface area contributed by atoms with Crippen LogP contribution in [0.1, 0.15) is 15.9 Å². The lowest BCUT2D eigenvalue weighted by molar-refractivity contribution is -0.134. The van der Waals surface area contributed by atoms with Crippen LogP contribution < -0.4 is 14.2 Å². The number of hydrogen-bond donors (Lipinski definition) is 1. The fourth-order valence-electron chi connectivity index (χ4n) is 2.07. The van der Waals surface area contributed by atoms with Crippen molar-refractivity contribution in [2.45, 2.75) is 0 Å². The summed E-state index contributed by atoms with van der Waals surface area (Å²) in [7, 11) is 4.10. The molecule has 0 aromatic heterocycles. The third-order valence-electron chi connectivity index (χ3n) is 3.42. The number of hydrogen-bond acceptors (Lipinski definition) is 7. The zero-order valence-electron chi connectivity index (χ0n) is 14.5. The summed E-state index contributed by atoms with van der Waals surface area (Å²) in [6, 6.07) is 8.94. The summed E-state index contributed by atoms with van der Waals surface area (Å²) in [4.78, 5) is 23.5. The zero-order valence-corrected chi connectivity index (χ0v) is 14.5. The van der Waals surface area contributed by atoms with E-state index in [9.17, 15) is 14.7 Å². The average Bonchev–Trinajstić information content (AvgIpc) is 2.66. The van der Waals surface area contributed by atoms with E-state index in [2.05, 4.69) is 4.74 Å². The molecule has 0 saturated carbocycles. The number of ether oxygens (including phenoxy) is 4. The molecule has 7 heteroatoms. The van der Waals surface area contributed by atoms with Crippen LogP contribution in [0.5, 0.6) is 23.0 Å². The van der Waals surface area contributed by atoms with E-state index in [4.69, 9.17) is 14.2 Å². The molecule has 0 spiro atoms. The van der Waals surface area contributed by atoms with Gasteiger partial charge in [0.1, 0.15) is 0 Å². The van der Waals surface area contributed by atoms with Crippen LogP contribution >= 0.6 is 0 Å². The Kier molecular flexibility index (Phi) is 6.21. The first-order chi connectivity index (χ1) is 12.5. The van der Waals surface area contributed by atoms with Gasteiger partial charge in [-0.1, -0.05) is 6.07 Å². The first-order valence-electron chi connectivity index (χ1n) is 7.51. The van der Waals surface area contributed by atoms with E-state index in [1.807, 2.05) is 0 Å². The Balaban J connectivity index is 2.22. The zero-order chi connectivity index (χ0) is 19.1.